The molecule has 0 aromatic carbocycles. The van der Waals surface area contributed by atoms with Gasteiger partial charge in [0.05, 0.1) is 6.20 Å². The molecule has 0 fully saturated rings. The number of hydrogen-bond donors (Lipinski definition) is 1. The topological polar surface area (TPSA) is 77.6 Å². The first-order valence-corrected chi connectivity index (χ1v) is 6.29. The summed E-state index contributed by atoms with van der Waals surface area (Å²) in [5.74, 6) is 0.838. The molecule has 0 aliphatic carbocycles. The monoisotopic (exact) mass is 262 g/mol. The summed E-state index contributed by atoms with van der Waals surface area (Å²) in [6, 6.07) is -0.242. The lowest BCUT2D eigenvalue weighted by atomic mass is 10.3. The van der Waals surface area contributed by atoms with E-state index in [9.17, 15) is 4.79 Å². The van der Waals surface area contributed by atoms with Crippen LogP contribution in [0.1, 0.15) is 25.2 Å². The molecule has 19 heavy (non-hydrogen) atoms. The van der Waals surface area contributed by atoms with Crippen LogP contribution in [-0.2, 0) is 11.3 Å². The number of nitrogens with zero attached hydrogens (tertiary/aromatic N) is 5. The lowest BCUT2D eigenvalue weighted by Gasteiger charge is -2.14. The van der Waals surface area contributed by atoms with Crippen molar-refractivity contribution in [1.29, 1.82) is 0 Å². The van der Waals surface area contributed by atoms with Crippen molar-refractivity contribution < 1.29 is 4.79 Å². The Morgan fingerprint density at radius 3 is 2.89 bits per heavy atom. The average Bonchev–Trinajstić information content (AvgIpc) is 3.04. The van der Waals surface area contributed by atoms with Gasteiger partial charge in [-0.3, -0.25) is 9.48 Å². The van der Waals surface area contributed by atoms with E-state index in [-0.39, 0.29) is 11.9 Å². The van der Waals surface area contributed by atoms with E-state index in [1.165, 1.54) is 0 Å². The fourth-order valence-corrected chi connectivity index (χ4v) is 1.88. The molecule has 1 N–H and O–H groups in total. The Balaban J connectivity index is 1.74. The number of amides is 1. The Hall–Kier alpha value is -2.18. The van der Waals surface area contributed by atoms with Crippen molar-refractivity contribution in [2.24, 2.45) is 0 Å². The second kappa shape index (κ2) is 6.12. The van der Waals surface area contributed by atoms with E-state index in [4.69, 9.17) is 0 Å². The van der Waals surface area contributed by atoms with Crippen molar-refractivity contribution in [2.45, 2.75) is 32.9 Å². The lowest BCUT2D eigenvalue weighted by molar-refractivity contribution is -0.123. The van der Waals surface area contributed by atoms with Crippen molar-refractivity contribution in [1.82, 2.24) is 29.9 Å². The van der Waals surface area contributed by atoms with Gasteiger partial charge in [0, 0.05) is 31.7 Å². The van der Waals surface area contributed by atoms with Crippen molar-refractivity contribution >= 4 is 5.91 Å². The van der Waals surface area contributed by atoms with Gasteiger partial charge in [0.2, 0.25) is 5.91 Å². The molecule has 0 aliphatic heterocycles. The van der Waals surface area contributed by atoms with Crippen LogP contribution in [-0.4, -0.2) is 37.0 Å². The van der Waals surface area contributed by atoms with Gasteiger partial charge >= 0.3 is 0 Å². The summed E-state index contributed by atoms with van der Waals surface area (Å²) in [5, 5.41) is 10.5. The molecule has 0 radical (unpaired) electrons. The maximum Gasteiger partial charge on any atom is 0.242 e. The summed E-state index contributed by atoms with van der Waals surface area (Å²) in [6.45, 7) is 5.12. The molecule has 102 valence electrons. The zero-order chi connectivity index (χ0) is 13.7. The van der Waals surface area contributed by atoms with Gasteiger partial charge in [-0.2, -0.15) is 0 Å². The van der Waals surface area contributed by atoms with Gasteiger partial charge in [0.15, 0.2) is 0 Å². The van der Waals surface area contributed by atoms with Crippen molar-refractivity contribution in [3.05, 3.63) is 30.6 Å². The normalized spacial score (nSPS) is 12.3. The first-order chi connectivity index (χ1) is 9.18. The molecular weight excluding hydrogens is 244 g/mol. The van der Waals surface area contributed by atoms with E-state index in [1.807, 2.05) is 24.6 Å². The van der Waals surface area contributed by atoms with E-state index < -0.39 is 0 Å². The molecule has 0 spiro atoms. The van der Waals surface area contributed by atoms with Crippen LogP contribution in [0, 0.1) is 6.92 Å². The van der Waals surface area contributed by atoms with Crippen LogP contribution in [0.15, 0.2) is 24.8 Å². The molecule has 0 bridgehead atoms. The number of carbonyl (C=O) groups is 1. The van der Waals surface area contributed by atoms with Crippen LogP contribution in [0.2, 0.25) is 0 Å². The van der Waals surface area contributed by atoms with Crippen LogP contribution in [0.4, 0.5) is 0 Å². The molecular formula is C12H18N6O. The zero-order valence-corrected chi connectivity index (χ0v) is 11.2. The van der Waals surface area contributed by atoms with Crippen LogP contribution in [0.3, 0.4) is 0 Å². The van der Waals surface area contributed by atoms with Crippen molar-refractivity contribution in [2.75, 3.05) is 6.54 Å². The Kier molecular flexibility index (Phi) is 4.27. The predicted molar refractivity (Wildman–Crippen MR) is 69.3 cm³/mol. The van der Waals surface area contributed by atoms with Gasteiger partial charge in [-0.15, -0.1) is 5.10 Å². The Bertz CT molecular complexity index is 518. The first-order valence-electron chi connectivity index (χ1n) is 6.29. The molecule has 0 aliphatic rings. The van der Waals surface area contributed by atoms with E-state index in [0.29, 0.717) is 6.54 Å². The number of aryl methyl sites for hydroxylation is 2. The van der Waals surface area contributed by atoms with Gasteiger partial charge in [-0.1, -0.05) is 5.21 Å². The minimum absolute atomic E-state index is 0.000287. The summed E-state index contributed by atoms with van der Waals surface area (Å²) >= 11 is 0. The summed E-state index contributed by atoms with van der Waals surface area (Å²) < 4.78 is 3.60. The van der Waals surface area contributed by atoms with Gasteiger partial charge in [0.1, 0.15) is 11.9 Å². The first kappa shape index (κ1) is 13.3. The summed E-state index contributed by atoms with van der Waals surface area (Å²) in [4.78, 5) is 16.1. The van der Waals surface area contributed by atoms with E-state index in [2.05, 4.69) is 20.6 Å². The highest BCUT2D eigenvalue weighted by Crippen LogP contribution is 2.08. The SMILES string of the molecule is Cc1nccn1[C@H](C)C(=O)NCCCn1ccnn1. The standard InChI is InChI=1S/C12H18N6O/c1-10(18-9-5-13-11(18)2)12(19)14-4-3-7-17-8-6-15-16-17/h5-6,8-10H,3-4,7H2,1-2H3,(H,14,19)/t10-/m1/s1. The van der Waals surface area contributed by atoms with Crippen LogP contribution >= 0.6 is 0 Å². The molecule has 2 aromatic rings. The number of nitrogens with one attached hydrogen (secondary N) is 1. The van der Waals surface area contributed by atoms with Crippen molar-refractivity contribution in [3.63, 3.8) is 0 Å². The van der Waals surface area contributed by atoms with E-state index in [1.54, 1.807) is 23.3 Å². The molecule has 0 unspecified atom stereocenters. The Morgan fingerprint density at radius 2 is 2.26 bits per heavy atom. The van der Waals surface area contributed by atoms with Crippen LogP contribution in [0.5, 0.6) is 0 Å². The Morgan fingerprint density at radius 1 is 1.42 bits per heavy atom. The predicted octanol–water partition coefficient (Wildman–Crippen LogP) is 0.551. The highest BCUT2D eigenvalue weighted by Gasteiger charge is 2.15. The zero-order valence-electron chi connectivity index (χ0n) is 11.2. The molecule has 1 atom stereocenters. The number of carbonyl (C=O) groups excluding carboxylic acids is 1. The molecule has 2 heterocycles. The molecule has 0 saturated heterocycles. The maximum atomic E-state index is 12.0. The number of rotatable bonds is 6. The molecule has 0 saturated carbocycles. The van der Waals surface area contributed by atoms with Crippen LogP contribution in [0.25, 0.3) is 0 Å². The van der Waals surface area contributed by atoms with Gasteiger partial charge in [0.25, 0.3) is 0 Å². The van der Waals surface area contributed by atoms with E-state index >= 15 is 0 Å². The molecule has 2 rings (SSSR count). The maximum absolute atomic E-state index is 12.0. The second-order valence-electron chi connectivity index (χ2n) is 4.37. The number of aromatic nitrogens is 5. The fourth-order valence-electron chi connectivity index (χ4n) is 1.88. The third-order valence-electron chi connectivity index (χ3n) is 2.99. The molecule has 2 aromatic heterocycles. The van der Waals surface area contributed by atoms with E-state index in [0.717, 1.165) is 18.8 Å². The molecule has 7 nitrogen and oxygen atoms in total. The highest BCUT2D eigenvalue weighted by molar-refractivity contribution is 5.79. The smallest absolute Gasteiger partial charge is 0.242 e. The second-order valence-corrected chi connectivity index (χ2v) is 4.37. The minimum atomic E-state index is -0.242. The third kappa shape index (κ3) is 3.40. The average molecular weight is 262 g/mol. The molecule has 1 amide bonds. The van der Waals surface area contributed by atoms with Crippen molar-refractivity contribution in [3.8, 4) is 0 Å². The fraction of sp³-hybridized carbons (Fsp3) is 0.500. The minimum Gasteiger partial charge on any atom is -0.354 e. The largest absolute Gasteiger partial charge is 0.354 e. The quantitative estimate of drug-likeness (QED) is 0.771. The summed E-state index contributed by atoms with van der Waals surface area (Å²) in [5.41, 5.74) is 0. The number of imidazole rings is 1. The van der Waals surface area contributed by atoms with Gasteiger partial charge in [-0.05, 0) is 20.3 Å². The summed E-state index contributed by atoms with van der Waals surface area (Å²) in [7, 11) is 0. The third-order valence-corrected chi connectivity index (χ3v) is 2.99. The number of hydrogen-bond acceptors (Lipinski definition) is 4. The Labute approximate surface area is 111 Å². The van der Waals surface area contributed by atoms with Gasteiger partial charge in [-0.25, -0.2) is 4.98 Å². The lowest BCUT2D eigenvalue weighted by Crippen LogP contribution is -2.32. The van der Waals surface area contributed by atoms with Gasteiger partial charge < -0.3 is 9.88 Å². The summed E-state index contributed by atoms with van der Waals surface area (Å²) in [6.07, 6.45) is 7.78. The highest BCUT2D eigenvalue weighted by atomic mass is 16.2. The molecule has 7 heteroatoms. The van der Waals surface area contributed by atoms with Crippen LogP contribution < -0.4 is 5.32 Å².